The lowest BCUT2D eigenvalue weighted by molar-refractivity contribution is -0.672. The average molecular weight is 212 g/mol. The molecule has 78 valence electrons. The van der Waals surface area contributed by atoms with Crippen molar-refractivity contribution in [2.24, 2.45) is 7.05 Å². The lowest BCUT2D eigenvalue weighted by atomic mass is 10.1. The van der Waals surface area contributed by atoms with Gasteiger partial charge in [0.2, 0.25) is 0 Å². The number of aromatic nitrogens is 1. The molecule has 14 heavy (non-hydrogen) atoms. The van der Waals surface area contributed by atoms with E-state index < -0.39 is 17.7 Å². The van der Waals surface area contributed by atoms with Crippen molar-refractivity contribution in [3.05, 3.63) is 30.1 Å². The van der Waals surface area contributed by atoms with Crippen molar-refractivity contribution in [3.63, 3.8) is 0 Å². The molecule has 0 atom stereocenters. The molecule has 6 heteroatoms. The Morgan fingerprint density at radius 1 is 1.14 bits per heavy atom. The van der Waals surface area contributed by atoms with Crippen molar-refractivity contribution in [1.82, 2.24) is 0 Å². The Hall–Kier alpha value is -1.20. The normalized spacial score (nSPS) is 13.0. The third kappa shape index (κ3) is 1.83. The second-order valence-electron chi connectivity index (χ2n) is 2.83. The first-order valence-corrected chi connectivity index (χ1v) is 3.65. The van der Waals surface area contributed by atoms with E-state index in [-0.39, 0.29) is 0 Å². The van der Waals surface area contributed by atoms with Crippen LogP contribution in [0.3, 0.4) is 0 Å². The van der Waals surface area contributed by atoms with Crippen LogP contribution in [0.1, 0.15) is 5.56 Å². The van der Waals surface area contributed by atoms with Gasteiger partial charge in [0.15, 0.2) is 12.4 Å². The Morgan fingerprint density at radius 2 is 1.71 bits per heavy atom. The highest BCUT2D eigenvalue weighted by Crippen LogP contribution is 2.43. The smallest absolute Gasteiger partial charge is 0.207 e. The Kier molecular flexibility index (Phi) is 2.47. The molecule has 1 aromatic rings. The minimum atomic E-state index is -5.55. The zero-order valence-electron chi connectivity index (χ0n) is 7.15. The summed E-state index contributed by atoms with van der Waals surface area (Å²) < 4.78 is 62.2. The Morgan fingerprint density at radius 3 is 2.14 bits per heavy atom. The van der Waals surface area contributed by atoms with Crippen molar-refractivity contribution in [1.29, 1.82) is 0 Å². The highest BCUT2D eigenvalue weighted by molar-refractivity contribution is 5.14. The van der Waals surface area contributed by atoms with Gasteiger partial charge in [0.1, 0.15) is 7.05 Å². The van der Waals surface area contributed by atoms with E-state index in [9.17, 15) is 22.0 Å². The van der Waals surface area contributed by atoms with E-state index in [1.165, 1.54) is 13.2 Å². The van der Waals surface area contributed by atoms with Gasteiger partial charge in [-0.05, 0) is 6.07 Å². The van der Waals surface area contributed by atoms with Crippen LogP contribution in [0.15, 0.2) is 24.5 Å². The SMILES string of the molecule is C[n+]1cccc(C(F)(F)C(F)(F)F)c1. The van der Waals surface area contributed by atoms with Crippen molar-refractivity contribution in [2.45, 2.75) is 12.1 Å². The molecule has 0 aliphatic rings. The Balaban J connectivity index is 3.16. The molecule has 0 bridgehead atoms. The molecule has 1 nitrogen and oxygen atoms in total. The van der Waals surface area contributed by atoms with Crippen LogP contribution in [-0.2, 0) is 13.0 Å². The predicted molar refractivity (Wildman–Crippen MR) is 37.6 cm³/mol. The summed E-state index contributed by atoms with van der Waals surface area (Å²) in [7, 11) is 1.37. The molecule has 0 saturated carbocycles. The first-order valence-electron chi connectivity index (χ1n) is 3.65. The van der Waals surface area contributed by atoms with Gasteiger partial charge in [-0.1, -0.05) is 0 Å². The van der Waals surface area contributed by atoms with Gasteiger partial charge in [0, 0.05) is 6.07 Å². The first-order chi connectivity index (χ1) is 6.25. The zero-order valence-corrected chi connectivity index (χ0v) is 7.15. The van der Waals surface area contributed by atoms with Gasteiger partial charge < -0.3 is 0 Å². The first kappa shape index (κ1) is 10.9. The second kappa shape index (κ2) is 3.18. The van der Waals surface area contributed by atoms with Crippen molar-refractivity contribution < 1.29 is 26.5 Å². The van der Waals surface area contributed by atoms with E-state index in [0.717, 1.165) is 22.9 Å². The predicted octanol–water partition coefficient (Wildman–Crippen LogP) is 2.17. The molecule has 0 N–H and O–H groups in total. The molecule has 1 heterocycles. The summed E-state index contributed by atoms with van der Waals surface area (Å²) in [6.45, 7) is 0. The van der Waals surface area contributed by atoms with E-state index in [2.05, 4.69) is 0 Å². The molecule has 0 aromatic carbocycles. The number of hydrogen-bond donors (Lipinski definition) is 0. The van der Waals surface area contributed by atoms with Crippen LogP contribution in [0.5, 0.6) is 0 Å². The molecule has 0 radical (unpaired) electrons. The number of nitrogens with zero attached hydrogens (tertiary/aromatic N) is 1. The molecule has 0 saturated heterocycles. The summed E-state index contributed by atoms with van der Waals surface area (Å²) in [5.74, 6) is -4.80. The van der Waals surface area contributed by atoms with E-state index in [1.807, 2.05) is 0 Å². The van der Waals surface area contributed by atoms with Crippen LogP contribution in [0.2, 0.25) is 0 Å². The van der Waals surface area contributed by atoms with Gasteiger partial charge in [0.05, 0.1) is 5.56 Å². The maximum absolute atomic E-state index is 12.7. The molecule has 0 amide bonds. The molecule has 1 aromatic heterocycles. The second-order valence-corrected chi connectivity index (χ2v) is 2.83. The molecule has 0 fully saturated rings. The Bertz CT molecular complexity index is 331. The standard InChI is InChI=1S/C8H7F5N/c1-14-4-2-3-6(5-14)7(9,10)8(11,12)13/h2-5H,1H3/q+1. The van der Waals surface area contributed by atoms with Crippen LogP contribution in [0.4, 0.5) is 22.0 Å². The van der Waals surface area contributed by atoms with Gasteiger partial charge in [-0.2, -0.15) is 22.0 Å². The van der Waals surface area contributed by atoms with Crippen molar-refractivity contribution in [3.8, 4) is 0 Å². The number of hydrogen-bond acceptors (Lipinski definition) is 0. The summed E-state index contributed by atoms with van der Waals surface area (Å²) in [4.78, 5) is 0. The van der Waals surface area contributed by atoms with Crippen molar-refractivity contribution >= 4 is 0 Å². The highest BCUT2D eigenvalue weighted by atomic mass is 19.4. The lowest BCUT2D eigenvalue weighted by Crippen LogP contribution is -2.37. The quantitative estimate of drug-likeness (QED) is 0.496. The molecule has 0 spiro atoms. The summed E-state index contributed by atoms with van der Waals surface area (Å²) in [5.41, 5.74) is -1.06. The van der Waals surface area contributed by atoms with Crippen LogP contribution >= 0.6 is 0 Å². The monoisotopic (exact) mass is 212 g/mol. The summed E-state index contributed by atoms with van der Waals surface area (Å²) >= 11 is 0. The maximum atomic E-state index is 12.7. The number of aryl methyl sites for hydroxylation is 1. The molecule has 0 aliphatic heterocycles. The minimum Gasteiger partial charge on any atom is -0.207 e. The number of halogens is 5. The van der Waals surface area contributed by atoms with Gasteiger partial charge in [-0.25, -0.2) is 4.57 Å². The van der Waals surface area contributed by atoms with Gasteiger partial charge in [0.25, 0.3) is 0 Å². The van der Waals surface area contributed by atoms with Gasteiger partial charge in [-0.3, -0.25) is 0 Å². The fourth-order valence-electron chi connectivity index (χ4n) is 0.937. The summed E-state index contributed by atoms with van der Waals surface area (Å²) in [6, 6.07) is 1.88. The van der Waals surface area contributed by atoms with Crippen LogP contribution < -0.4 is 4.57 Å². The largest absolute Gasteiger partial charge is 0.458 e. The average Bonchev–Trinajstić information content (AvgIpc) is 2.02. The molecule has 1 rings (SSSR count). The van der Waals surface area contributed by atoms with E-state index in [0.29, 0.717) is 0 Å². The third-order valence-corrected chi connectivity index (χ3v) is 1.66. The van der Waals surface area contributed by atoms with Crippen LogP contribution in [-0.4, -0.2) is 6.18 Å². The molecular formula is C8H7F5N+. The number of pyridine rings is 1. The highest BCUT2D eigenvalue weighted by Gasteiger charge is 2.59. The summed E-state index contributed by atoms with van der Waals surface area (Å²) in [6.07, 6.45) is -3.44. The van der Waals surface area contributed by atoms with Crippen LogP contribution in [0.25, 0.3) is 0 Å². The fourth-order valence-corrected chi connectivity index (χ4v) is 0.937. The molecule has 0 aliphatic carbocycles. The number of alkyl halides is 5. The number of rotatable bonds is 1. The lowest BCUT2D eigenvalue weighted by Gasteiger charge is -2.18. The van der Waals surface area contributed by atoms with E-state index >= 15 is 0 Å². The van der Waals surface area contributed by atoms with Crippen LogP contribution in [0, 0.1) is 0 Å². The van der Waals surface area contributed by atoms with E-state index in [1.54, 1.807) is 0 Å². The Labute approximate surface area is 76.8 Å². The zero-order chi connectivity index (χ0) is 11.0. The fraction of sp³-hybridized carbons (Fsp3) is 0.375. The molecular weight excluding hydrogens is 205 g/mol. The summed E-state index contributed by atoms with van der Waals surface area (Å²) in [5, 5.41) is 0. The maximum Gasteiger partial charge on any atom is 0.458 e. The van der Waals surface area contributed by atoms with Crippen molar-refractivity contribution in [2.75, 3.05) is 0 Å². The molecule has 0 unspecified atom stereocenters. The minimum absolute atomic E-state index is 0.744. The van der Waals surface area contributed by atoms with Gasteiger partial charge in [-0.15, -0.1) is 0 Å². The van der Waals surface area contributed by atoms with E-state index in [4.69, 9.17) is 0 Å². The van der Waals surface area contributed by atoms with Gasteiger partial charge >= 0.3 is 12.1 Å². The third-order valence-electron chi connectivity index (χ3n) is 1.66. The topological polar surface area (TPSA) is 3.88 Å².